The average Bonchev–Trinajstić information content (AvgIpc) is 3.17. The normalized spacial score (nSPS) is 12.6. The van der Waals surface area contributed by atoms with Gasteiger partial charge in [-0.05, 0) is 31.2 Å². The predicted molar refractivity (Wildman–Crippen MR) is 116 cm³/mol. The second kappa shape index (κ2) is 9.11. The van der Waals surface area contributed by atoms with Gasteiger partial charge in [-0.25, -0.2) is 31.8 Å². The summed E-state index contributed by atoms with van der Waals surface area (Å²) < 4.78 is 49.1. The highest BCUT2D eigenvalue weighted by atomic mass is 32.2. The van der Waals surface area contributed by atoms with Crippen molar-refractivity contribution in [1.29, 1.82) is 0 Å². The molecule has 0 saturated heterocycles. The van der Waals surface area contributed by atoms with Crippen LogP contribution in [0.25, 0.3) is 5.95 Å². The van der Waals surface area contributed by atoms with Gasteiger partial charge in [0.1, 0.15) is 6.33 Å². The van der Waals surface area contributed by atoms with Gasteiger partial charge >= 0.3 is 0 Å². The molecule has 3 rings (SSSR count). The first-order valence-corrected chi connectivity index (χ1v) is 12.3. The molecule has 2 aromatic heterocycles. The molecular weight excluding hydrogens is 464 g/mol. The van der Waals surface area contributed by atoms with Gasteiger partial charge < -0.3 is 5.32 Å². The Labute approximate surface area is 186 Å². The Morgan fingerprint density at radius 3 is 2.03 bits per heavy atom. The highest BCUT2D eigenvalue weighted by Crippen LogP contribution is 2.20. The van der Waals surface area contributed by atoms with Crippen molar-refractivity contribution in [1.82, 2.24) is 30.0 Å². The third-order valence-corrected chi connectivity index (χ3v) is 6.23. The third kappa shape index (κ3) is 5.65. The number of hydrogen-bond donors (Lipinski definition) is 1. The number of benzene rings is 1. The number of sulfone groups is 2. The maximum Gasteiger partial charge on any atom is 0.252 e. The van der Waals surface area contributed by atoms with Crippen LogP contribution in [0.5, 0.6) is 0 Å². The van der Waals surface area contributed by atoms with Crippen LogP contribution in [0.1, 0.15) is 29.1 Å². The Morgan fingerprint density at radius 1 is 0.968 bits per heavy atom. The molecule has 0 aliphatic heterocycles. The van der Waals surface area contributed by atoms with Gasteiger partial charge in [-0.1, -0.05) is 0 Å². The molecule has 0 aliphatic rings. The maximum atomic E-state index is 12.8. The van der Waals surface area contributed by atoms with Crippen molar-refractivity contribution in [3.63, 3.8) is 0 Å². The SMILES string of the molecule is C[C@@H](NC(=O)c1cc(S(C)(=O)=O)cc(S(C)(=O)=O)c1)c1ncnn1-c1ncccn1.S. The van der Waals surface area contributed by atoms with E-state index in [0.29, 0.717) is 5.82 Å². The molecule has 1 atom stereocenters. The summed E-state index contributed by atoms with van der Waals surface area (Å²) in [5.41, 5.74) is -0.118. The van der Waals surface area contributed by atoms with E-state index in [1.54, 1.807) is 13.0 Å². The fraction of sp³-hybridized carbons (Fsp3) is 0.235. The van der Waals surface area contributed by atoms with Crippen LogP contribution in [0.3, 0.4) is 0 Å². The lowest BCUT2D eigenvalue weighted by atomic mass is 10.2. The zero-order valence-corrected chi connectivity index (χ0v) is 19.3. The smallest absolute Gasteiger partial charge is 0.252 e. The van der Waals surface area contributed by atoms with E-state index in [1.807, 2.05) is 0 Å². The number of nitrogens with zero attached hydrogens (tertiary/aromatic N) is 5. The lowest BCUT2D eigenvalue weighted by Gasteiger charge is -2.15. The molecule has 166 valence electrons. The number of hydrogen-bond acceptors (Lipinski definition) is 9. The number of amides is 1. The minimum absolute atomic E-state index is 0. The molecule has 0 radical (unpaired) electrons. The lowest BCUT2D eigenvalue weighted by Crippen LogP contribution is -2.29. The molecule has 0 bridgehead atoms. The van der Waals surface area contributed by atoms with E-state index in [-0.39, 0.29) is 34.8 Å². The van der Waals surface area contributed by atoms with Crippen LogP contribution in [-0.2, 0) is 19.7 Å². The van der Waals surface area contributed by atoms with Crippen LogP contribution in [0.2, 0.25) is 0 Å². The van der Waals surface area contributed by atoms with Gasteiger partial charge in [0.2, 0.25) is 0 Å². The standard InChI is InChI=1S/C17H18N6O5S2.H2S/c1-11(15-20-10-21-23(15)17-18-5-4-6-19-17)22-16(24)12-7-13(29(2,25)26)9-14(8-12)30(3,27)28;/h4-11H,1-3H3,(H,22,24);1H2/t11-;/m1./s1. The van der Waals surface area contributed by atoms with E-state index in [4.69, 9.17) is 0 Å². The summed E-state index contributed by atoms with van der Waals surface area (Å²) in [6, 6.07) is 4.23. The van der Waals surface area contributed by atoms with Crippen molar-refractivity contribution in [2.24, 2.45) is 0 Å². The van der Waals surface area contributed by atoms with Crippen molar-refractivity contribution in [3.05, 3.63) is 54.4 Å². The largest absolute Gasteiger partial charge is 0.342 e. The van der Waals surface area contributed by atoms with Gasteiger partial charge in [-0.15, -0.1) is 0 Å². The summed E-state index contributed by atoms with van der Waals surface area (Å²) in [6.45, 7) is 1.64. The fourth-order valence-corrected chi connectivity index (χ4v) is 4.01. The first kappa shape index (κ1) is 24.4. The summed E-state index contributed by atoms with van der Waals surface area (Å²) in [4.78, 5) is 24.5. The quantitative estimate of drug-likeness (QED) is 0.526. The molecule has 1 aromatic carbocycles. The van der Waals surface area contributed by atoms with Gasteiger partial charge in [0, 0.05) is 30.5 Å². The molecular formula is C17H20N6O5S3. The zero-order valence-electron chi connectivity index (χ0n) is 16.7. The van der Waals surface area contributed by atoms with Gasteiger partial charge in [0.15, 0.2) is 25.5 Å². The molecule has 1 amide bonds. The Kier molecular flexibility index (Phi) is 7.18. The number of carbonyl (C=O) groups excluding carboxylic acids is 1. The van der Waals surface area contributed by atoms with E-state index < -0.39 is 31.6 Å². The van der Waals surface area contributed by atoms with E-state index in [2.05, 4.69) is 25.4 Å². The van der Waals surface area contributed by atoms with E-state index in [0.717, 1.165) is 30.7 Å². The second-order valence-electron chi connectivity index (χ2n) is 6.51. The highest BCUT2D eigenvalue weighted by Gasteiger charge is 2.22. The van der Waals surface area contributed by atoms with Crippen molar-refractivity contribution < 1.29 is 21.6 Å². The van der Waals surface area contributed by atoms with Gasteiger partial charge in [-0.3, -0.25) is 4.79 Å². The Hall–Kier alpha value is -2.84. The van der Waals surface area contributed by atoms with E-state index >= 15 is 0 Å². The van der Waals surface area contributed by atoms with Crippen LogP contribution in [0, 0.1) is 0 Å². The summed E-state index contributed by atoms with van der Waals surface area (Å²) in [5.74, 6) is -0.0943. The first-order chi connectivity index (χ1) is 14.0. The topological polar surface area (TPSA) is 154 Å². The monoisotopic (exact) mass is 484 g/mol. The molecule has 31 heavy (non-hydrogen) atoms. The molecule has 0 spiro atoms. The summed E-state index contributed by atoms with van der Waals surface area (Å²) in [5, 5.41) is 6.71. The van der Waals surface area contributed by atoms with Crippen molar-refractivity contribution >= 4 is 39.1 Å². The summed E-state index contributed by atoms with van der Waals surface area (Å²) in [6.07, 6.45) is 6.20. The Bertz CT molecular complexity index is 1260. The van der Waals surface area contributed by atoms with Crippen LogP contribution in [0.4, 0.5) is 0 Å². The van der Waals surface area contributed by atoms with Gasteiger partial charge in [-0.2, -0.15) is 23.3 Å². The number of rotatable bonds is 6. The highest BCUT2D eigenvalue weighted by molar-refractivity contribution is 7.91. The molecule has 0 aliphatic carbocycles. The molecule has 14 heteroatoms. The van der Waals surface area contributed by atoms with Crippen LogP contribution < -0.4 is 5.32 Å². The summed E-state index contributed by atoms with van der Waals surface area (Å²) >= 11 is 0. The molecule has 11 nitrogen and oxygen atoms in total. The molecule has 3 aromatic rings. The Morgan fingerprint density at radius 2 is 1.52 bits per heavy atom. The minimum atomic E-state index is -3.74. The van der Waals surface area contributed by atoms with Gasteiger partial charge in [0.05, 0.1) is 15.8 Å². The van der Waals surface area contributed by atoms with E-state index in [9.17, 15) is 21.6 Å². The van der Waals surface area contributed by atoms with Crippen LogP contribution >= 0.6 is 13.5 Å². The van der Waals surface area contributed by atoms with Crippen molar-refractivity contribution in [3.8, 4) is 5.95 Å². The lowest BCUT2D eigenvalue weighted by molar-refractivity contribution is 0.0937. The van der Waals surface area contributed by atoms with Crippen molar-refractivity contribution in [2.75, 3.05) is 12.5 Å². The molecule has 0 saturated carbocycles. The molecule has 0 fully saturated rings. The second-order valence-corrected chi connectivity index (χ2v) is 10.5. The number of carbonyl (C=O) groups is 1. The van der Waals surface area contributed by atoms with Crippen molar-refractivity contribution in [2.45, 2.75) is 22.8 Å². The van der Waals surface area contributed by atoms with Crippen LogP contribution in [-0.4, -0.2) is 60.0 Å². The van der Waals surface area contributed by atoms with Crippen LogP contribution in [0.15, 0.2) is 52.8 Å². The number of nitrogens with one attached hydrogen (secondary N) is 1. The number of aromatic nitrogens is 5. The maximum absolute atomic E-state index is 12.8. The fourth-order valence-electron chi connectivity index (χ4n) is 2.58. The first-order valence-electron chi connectivity index (χ1n) is 8.50. The third-order valence-electron chi connectivity index (χ3n) is 4.05. The average molecular weight is 485 g/mol. The zero-order chi connectivity index (χ0) is 22.1. The summed E-state index contributed by atoms with van der Waals surface area (Å²) in [7, 11) is -7.49. The minimum Gasteiger partial charge on any atom is -0.342 e. The molecule has 2 heterocycles. The Balaban J connectivity index is 0.00000341. The molecule has 1 N–H and O–H groups in total. The predicted octanol–water partition coefficient (Wildman–Crippen LogP) is 0.468. The van der Waals surface area contributed by atoms with Gasteiger partial charge in [0.25, 0.3) is 11.9 Å². The van der Waals surface area contributed by atoms with E-state index in [1.165, 1.54) is 23.4 Å². The molecule has 0 unspecified atom stereocenters.